The number of ether oxygens (including phenoxy) is 2. The van der Waals surface area contributed by atoms with Gasteiger partial charge in [0, 0.05) is 12.1 Å². The highest BCUT2D eigenvalue weighted by Gasteiger charge is 2.28. The molecule has 0 spiro atoms. The second kappa shape index (κ2) is 5.59. The minimum atomic E-state index is -0.572. The van der Waals surface area contributed by atoms with Gasteiger partial charge < -0.3 is 14.8 Å². The van der Waals surface area contributed by atoms with E-state index in [1.807, 2.05) is 0 Å². The quantitative estimate of drug-likeness (QED) is 0.682. The van der Waals surface area contributed by atoms with Gasteiger partial charge in [-0.25, -0.2) is 0 Å². The van der Waals surface area contributed by atoms with Gasteiger partial charge in [0.1, 0.15) is 5.56 Å². The van der Waals surface area contributed by atoms with E-state index >= 15 is 0 Å². The molecular weight excluding hydrogens is 276 g/mol. The van der Waals surface area contributed by atoms with Crippen molar-refractivity contribution in [2.75, 3.05) is 6.79 Å². The van der Waals surface area contributed by atoms with E-state index in [4.69, 9.17) is 9.47 Å². The molecule has 1 heterocycles. The molecule has 3 rings (SSSR count). The van der Waals surface area contributed by atoms with Crippen LogP contribution in [0.3, 0.4) is 0 Å². The molecule has 1 aliphatic carbocycles. The molecule has 1 amide bonds. The molecule has 0 unspecified atom stereocenters. The average molecular weight is 292 g/mol. The summed E-state index contributed by atoms with van der Waals surface area (Å²) in [4.78, 5) is 22.9. The molecule has 21 heavy (non-hydrogen) atoms. The van der Waals surface area contributed by atoms with Gasteiger partial charge in [0.05, 0.1) is 11.0 Å². The van der Waals surface area contributed by atoms with Crippen LogP contribution in [-0.4, -0.2) is 23.7 Å². The Morgan fingerprint density at radius 3 is 2.52 bits per heavy atom. The molecule has 0 aromatic heterocycles. The van der Waals surface area contributed by atoms with E-state index in [0.29, 0.717) is 11.5 Å². The van der Waals surface area contributed by atoms with Crippen LogP contribution in [0.2, 0.25) is 0 Å². The lowest BCUT2D eigenvalue weighted by Gasteiger charge is -2.22. The van der Waals surface area contributed by atoms with E-state index in [9.17, 15) is 14.9 Å². The Hall–Kier alpha value is -2.31. The normalized spacial score (nSPS) is 17.5. The third-order valence-corrected chi connectivity index (χ3v) is 3.87. The summed E-state index contributed by atoms with van der Waals surface area (Å²) in [5.41, 5.74) is -0.234. The number of carbonyl (C=O) groups excluding carboxylic acids is 1. The molecule has 0 radical (unpaired) electrons. The van der Waals surface area contributed by atoms with Gasteiger partial charge >= 0.3 is 0 Å². The molecule has 0 atom stereocenters. The fourth-order valence-corrected chi connectivity index (χ4v) is 2.77. The van der Waals surface area contributed by atoms with Crippen molar-refractivity contribution in [2.45, 2.75) is 38.1 Å². The summed E-state index contributed by atoms with van der Waals surface area (Å²) in [5.74, 6) is 0.247. The first-order chi connectivity index (χ1) is 10.1. The second-order valence-corrected chi connectivity index (χ2v) is 5.29. The van der Waals surface area contributed by atoms with Crippen molar-refractivity contribution >= 4 is 11.6 Å². The summed E-state index contributed by atoms with van der Waals surface area (Å²) in [6, 6.07) is 2.73. The number of fused-ring (bicyclic) bond motifs is 1. The van der Waals surface area contributed by atoms with Crippen molar-refractivity contribution in [1.82, 2.24) is 5.32 Å². The molecule has 0 bridgehead atoms. The van der Waals surface area contributed by atoms with Crippen LogP contribution in [0.25, 0.3) is 0 Å². The Morgan fingerprint density at radius 2 is 1.86 bits per heavy atom. The van der Waals surface area contributed by atoms with Crippen LogP contribution in [0.5, 0.6) is 11.5 Å². The van der Waals surface area contributed by atoms with E-state index in [2.05, 4.69) is 5.32 Å². The Balaban J connectivity index is 1.85. The topological polar surface area (TPSA) is 90.7 Å². The van der Waals surface area contributed by atoms with Crippen LogP contribution in [0.4, 0.5) is 5.69 Å². The molecule has 1 fully saturated rings. The highest BCUT2D eigenvalue weighted by atomic mass is 16.7. The summed E-state index contributed by atoms with van der Waals surface area (Å²) in [6.07, 6.45) is 5.17. The Morgan fingerprint density at radius 1 is 1.19 bits per heavy atom. The number of nitro benzene ring substituents is 1. The first kappa shape index (κ1) is 13.7. The maximum atomic E-state index is 12.3. The summed E-state index contributed by atoms with van der Waals surface area (Å²) >= 11 is 0. The van der Waals surface area contributed by atoms with Crippen molar-refractivity contribution < 1.29 is 19.2 Å². The minimum Gasteiger partial charge on any atom is -0.454 e. The Kier molecular flexibility index (Phi) is 3.64. The lowest BCUT2D eigenvalue weighted by Crippen LogP contribution is -2.36. The van der Waals surface area contributed by atoms with Crippen LogP contribution in [0.1, 0.15) is 42.5 Å². The summed E-state index contributed by atoms with van der Waals surface area (Å²) in [7, 11) is 0. The molecule has 1 N–H and O–H groups in total. The van der Waals surface area contributed by atoms with Gasteiger partial charge in [0.15, 0.2) is 11.5 Å². The first-order valence-corrected chi connectivity index (χ1v) is 7.04. The van der Waals surface area contributed by atoms with Gasteiger partial charge in [-0.05, 0) is 12.8 Å². The van der Waals surface area contributed by atoms with Crippen LogP contribution in [0.15, 0.2) is 12.1 Å². The standard InChI is InChI=1S/C14H16N2O5/c17-14(15-9-4-2-1-3-5-9)10-6-12-13(21-8-20-12)7-11(10)16(18)19/h6-7,9H,1-5,8H2,(H,15,17). The number of rotatable bonds is 3. The van der Waals surface area contributed by atoms with Gasteiger partial charge in [0.25, 0.3) is 11.6 Å². The first-order valence-electron chi connectivity index (χ1n) is 7.04. The number of hydrogen-bond acceptors (Lipinski definition) is 5. The van der Waals surface area contributed by atoms with Crippen molar-refractivity contribution in [3.8, 4) is 11.5 Å². The lowest BCUT2D eigenvalue weighted by molar-refractivity contribution is -0.385. The van der Waals surface area contributed by atoms with Gasteiger partial charge in [-0.15, -0.1) is 0 Å². The molecule has 1 saturated carbocycles. The monoisotopic (exact) mass is 292 g/mol. The van der Waals surface area contributed by atoms with Crippen molar-refractivity contribution in [2.24, 2.45) is 0 Å². The second-order valence-electron chi connectivity index (χ2n) is 5.29. The van der Waals surface area contributed by atoms with Crippen molar-refractivity contribution in [3.05, 3.63) is 27.8 Å². The molecule has 1 aromatic rings. The predicted molar refractivity (Wildman–Crippen MR) is 73.6 cm³/mol. The zero-order valence-electron chi connectivity index (χ0n) is 11.5. The SMILES string of the molecule is O=C(NC1CCCCC1)c1cc2c(cc1[N+](=O)[O-])OCO2. The van der Waals surface area contributed by atoms with E-state index in [1.165, 1.54) is 18.6 Å². The number of nitro groups is 1. The largest absolute Gasteiger partial charge is 0.454 e. The molecule has 1 aromatic carbocycles. The van der Waals surface area contributed by atoms with Crippen LogP contribution < -0.4 is 14.8 Å². The van der Waals surface area contributed by atoms with Crippen LogP contribution >= 0.6 is 0 Å². The van der Waals surface area contributed by atoms with Gasteiger partial charge in [-0.2, -0.15) is 0 Å². The van der Waals surface area contributed by atoms with Gasteiger partial charge in [-0.1, -0.05) is 19.3 Å². The number of amides is 1. The zero-order valence-corrected chi connectivity index (χ0v) is 11.5. The predicted octanol–water partition coefficient (Wildman–Crippen LogP) is 2.39. The molecule has 7 heteroatoms. The van der Waals surface area contributed by atoms with Crippen LogP contribution in [0, 0.1) is 10.1 Å². The Bertz CT molecular complexity index is 581. The highest BCUT2D eigenvalue weighted by molar-refractivity contribution is 5.99. The molecule has 2 aliphatic rings. The average Bonchev–Trinajstić information content (AvgIpc) is 2.94. The fourth-order valence-electron chi connectivity index (χ4n) is 2.77. The van der Waals surface area contributed by atoms with Gasteiger partial charge in [-0.3, -0.25) is 14.9 Å². The smallest absolute Gasteiger partial charge is 0.286 e. The van der Waals surface area contributed by atoms with Crippen LogP contribution in [-0.2, 0) is 0 Å². The summed E-state index contributed by atoms with van der Waals surface area (Å²) in [5, 5.41) is 14.0. The van der Waals surface area contributed by atoms with E-state index in [0.717, 1.165) is 25.7 Å². The maximum absolute atomic E-state index is 12.3. The van der Waals surface area contributed by atoms with E-state index in [1.54, 1.807) is 0 Å². The highest BCUT2D eigenvalue weighted by Crippen LogP contribution is 2.38. The number of nitrogens with zero attached hydrogens (tertiary/aromatic N) is 1. The van der Waals surface area contributed by atoms with E-state index in [-0.39, 0.29) is 24.1 Å². The third kappa shape index (κ3) is 2.76. The zero-order chi connectivity index (χ0) is 14.8. The Labute approximate surface area is 121 Å². The number of hydrogen-bond donors (Lipinski definition) is 1. The molecule has 7 nitrogen and oxygen atoms in total. The minimum absolute atomic E-state index is 0.0141. The molecule has 1 aliphatic heterocycles. The molecule has 0 saturated heterocycles. The number of carbonyl (C=O) groups is 1. The summed E-state index contributed by atoms with van der Waals surface area (Å²) in [6.45, 7) is 0.0141. The van der Waals surface area contributed by atoms with Crippen molar-refractivity contribution in [3.63, 3.8) is 0 Å². The number of benzene rings is 1. The summed E-state index contributed by atoms with van der Waals surface area (Å²) < 4.78 is 10.3. The lowest BCUT2D eigenvalue weighted by atomic mass is 9.95. The maximum Gasteiger partial charge on any atom is 0.286 e. The number of nitrogens with one attached hydrogen (secondary N) is 1. The fraction of sp³-hybridized carbons (Fsp3) is 0.500. The van der Waals surface area contributed by atoms with E-state index < -0.39 is 10.8 Å². The van der Waals surface area contributed by atoms with Crippen molar-refractivity contribution in [1.29, 1.82) is 0 Å². The van der Waals surface area contributed by atoms with Gasteiger partial charge in [0.2, 0.25) is 6.79 Å². The molecule has 112 valence electrons. The molecular formula is C14H16N2O5. The third-order valence-electron chi connectivity index (χ3n) is 3.87.